The fraction of sp³-hybridized carbons (Fsp3) is 0.730. The summed E-state index contributed by atoms with van der Waals surface area (Å²) in [7, 11) is 11.0. The van der Waals surface area contributed by atoms with Crippen molar-refractivity contribution in [3.8, 4) is 0 Å². The maximum atomic E-state index is 15.5. The van der Waals surface area contributed by atoms with Crippen LogP contribution < -0.4 is 16.0 Å². The van der Waals surface area contributed by atoms with E-state index >= 15 is 37.5 Å². The van der Waals surface area contributed by atoms with Crippen LogP contribution in [0.5, 0.6) is 0 Å². The molecule has 3 heterocycles. The molecule has 32 heteroatoms. The summed E-state index contributed by atoms with van der Waals surface area (Å²) < 4.78 is 107. The van der Waals surface area contributed by atoms with Gasteiger partial charge >= 0.3 is 6.18 Å². The molecule has 1 spiro atoms. The second-order valence-electron chi connectivity index (χ2n) is 30.7. The van der Waals surface area contributed by atoms with Crippen molar-refractivity contribution < 1.29 is 93.0 Å². The summed E-state index contributed by atoms with van der Waals surface area (Å²) in [5, 5.41) is 8.38. The number of aryl methyl sites for hydroxylation is 1. The Kier molecular flexibility index (Phi) is 28.0. The minimum atomic E-state index is -5.44. The average Bonchev–Trinajstić information content (AvgIpc) is 1.17. The zero-order valence-corrected chi connectivity index (χ0v) is 62.9. The number of benzene rings is 1. The van der Waals surface area contributed by atoms with Crippen LogP contribution in [-0.2, 0) is 74.9 Å². The van der Waals surface area contributed by atoms with E-state index in [2.05, 4.69) is 16.0 Å². The van der Waals surface area contributed by atoms with E-state index in [1.54, 1.807) is 32.9 Å². The summed E-state index contributed by atoms with van der Waals surface area (Å²) in [6, 6.07) is -10.4. The van der Waals surface area contributed by atoms with Gasteiger partial charge in [-0.3, -0.25) is 57.5 Å². The van der Waals surface area contributed by atoms with Crippen molar-refractivity contribution in [2.45, 2.75) is 234 Å². The Morgan fingerprint density at radius 3 is 1.86 bits per heavy atom. The molecule has 2 bridgehead atoms. The SMILES string of the molecule is CCO[C@@H]1C[C@H]2C(=O)NC3(CCC3)C(=O)N(C)[C@@H](C3CCCC3)C(=O)N(C)[C@H](C(=O)N(C)C)CC(=O)N(C)[C@@H](CC3CC3)C(=O)N[C@@H]([C@@H](C)CC)C(=O)N(C)CC(=O)N(C)[C@H]3C/C=C\CCN(C3=O)[C@@H](CC3CCC(F)(F)CC3)C(=O)N(C)CC(=O)N[C@H](CCc3cc(F)c(C(F)(F)F)c(F)c3)C(=O)N2C1. The molecule has 4 aliphatic carbocycles. The molecule has 10 atom stereocenters. The van der Waals surface area contributed by atoms with Gasteiger partial charge in [-0.25, -0.2) is 17.6 Å². The molecule has 0 radical (unpaired) electrons. The van der Waals surface area contributed by atoms with Gasteiger partial charge in [0, 0.05) is 95.3 Å². The van der Waals surface area contributed by atoms with Crippen LogP contribution in [0.4, 0.5) is 30.7 Å². The summed E-state index contributed by atoms with van der Waals surface area (Å²) in [5.41, 5.74) is -4.23. The smallest absolute Gasteiger partial charge is 0.377 e. The summed E-state index contributed by atoms with van der Waals surface area (Å²) in [6.07, 6.45) is -1.25. The lowest BCUT2D eigenvalue weighted by atomic mass is 9.74. The Morgan fingerprint density at radius 2 is 1.28 bits per heavy atom. The number of halogens is 7. The lowest BCUT2D eigenvalue weighted by Crippen LogP contribution is -2.68. The van der Waals surface area contributed by atoms with Crippen LogP contribution in [0, 0.1) is 35.3 Å². The first-order valence-corrected chi connectivity index (χ1v) is 37.3. The molecule has 12 amide bonds. The molecule has 8 rings (SSSR count). The number of amides is 12. The second-order valence-corrected chi connectivity index (χ2v) is 30.7. The third-order valence-corrected chi connectivity index (χ3v) is 23.0. The normalized spacial score (nSPS) is 28.4. The highest BCUT2D eigenvalue weighted by Crippen LogP contribution is 2.42. The Bertz CT molecular complexity index is 3430. The molecule has 1 aromatic rings. The predicted octanol–water partition coefficient (Wildman–Crippen LogP) is 5.45. The fourth-order valence-electron chi connectivity index (χ4n) is 15.9. The molecule has 4 saturated carbocycles. The molecule has 25 nitrogen and oxygen atoms in total. The molecule has 3 aliphatic heterocycles. The van der Waals surface area contributed by atoms with Crippen molar-refractivity contribution in [1.29, 1.82) is 0 Å². The van der Waals surface area contributed by atoms with Crippen molar-refractivity contribution in [2.24, 2.45) is 23.7 Å². The van der Waals surface area contributed by atoms with Gasteiger partial charge in [0.25, 0.3) is 0 Å². The molecule has 6 fully saturated rings. The quantitative estimate of drug-likeness (QED) is 0.164. The van der Waals surface area contributed by atoms with E-state index in [0.29, 0.717) is 50.7 Å². The number of nitrogens with one attached hydrogen (secondary N) is 3. The van der Waals surface area contributed by atoms with Crippen LogP contribution in [0.2, 0.25) is 0 Å². The van der Waals surface area contributed by atoms with E-state index in [9.17, 15) is 50.7 Å². The monoisotopic (exact) mass is 1500 g/mol. The number of likely N-dealkylation sites (N-methyl/N-ethyl adjacent to an activating group) is 7. The van der Waals surface area contributed by atoms with E-state index in [-0.39, 0.29) is 89.0 Å². The highest BCUT2D eigenvalue weighted by molar-refractivity contribution is 6.01. The topological polar surface area (TPSA) is 279 Å². The summed E-state index contributed by atoms with van der Waals surface area (Å²) >= 11 is 0. The molecule has 3 N–H and O–H groups in total. The number of nitrogens with zero attached hydrogens (tertiary/aromatic N) is 9. The minimum Gasteiger partial charge on any atom is -0.377 e. The second kappa shape index (κ2) is 35.4. The predicted molar refractivity (Wildman–Crippen MR) is 373 cm³/mol. The summed E-state index contributed by atoms with van der Waals surface area (Å²) in [4.78, 5) is 191. The van der Waals surface area contributed by atoms with Gasteiger partial charge in [0.15, 0.2) is 0 Å². The third-order valence-electron chi connectivity index (χ3n) is 23.0. The molecule has 0 aromatic heterocycles. The molecule has 2 saturated heterocycles. The number of hydrogen-bond acceptors (Lipinski definition) is 13. The van der Waals surface area contributed by atoms with Gasteiger partial charge in [-0.2, -0.15) is 13.2 Å². The van der Waals surface area contributed by atoms with Gasteiger partial charge < -0.3 is 64.8 Å². The zero-order valence-electron chi connectivity index (χ0n) is 62.9. The first kappa shape index (κ1) is 83.7. The number of hydrogen-bond donors (Lipinski definition) is 3. The van der Waals surface area contributed by atoms with Crippen LogP contribution in [0.25, 0.3) is 0 Å². The van der Waals surface area contributed by atoms with E-state index < -0.39 is 223 Å². The maximum Gasteiger partial charge on any atom is 0.422 e. The molecule has 1 aromatic carbocycles. The maximum absolute atomic E-state index is 15.5. The van der Waals surface area contributed by atoms with Crippen molar-refractivity contribution in [1.82, 2.24) is 60.0 Å². The van der Waals surface area contributed by atoms with Crippen molar-refractivity contribution in [2.75, 3.05) is 89.2 Å². The molecule has 0 unspecified atom stereocenters. The number of ether oxygens (including phenoxy) is 1. The summed E-state index contributed by atoms with van der Waals surface area (Å²) in [5.74, 6) is -17.9. The number of fused-ring (bicyclic) bond motifs is 3. The molecular weight excluding hydrogens is 1400 g/mol. The number of alkyl halides is 5. The van der Waals surface area contributed by atoms with Crippen LogP contribution in [-0.4, -0.2) is 270 Å². The Hall–Kier alpha value is -7.93. The third kappa shape index (κ3) is 19.9. The standard InChI is InChI=1S/C74H107F7N12O13/c1-12-43(3)61-69(103)87(7)42-59(96)88(8)52-22-15-14-18-33-92(68(52)102)56(37-45-27-31-73(77,78)32-28-45)67(101)86(6)41-57(94)82-51(26-25-46-34-49(75)60(50(76)35-46)74(79,80)81)65(99)93-40-48(106-13-2)38-54(93)64(98)84-72(29-19-30-72)71(105)91(11)62(47-20-16-17-21-47)70(104)90(10)55(66(100)85(4)5)39-58(95)89(9)53(63(97)83-61)36-44-23-24-44/h14-15,34-35,43-45,47-48,51-56,61-62H,12-13,16-33,36-42H2,1-11H3,(H,82,94)(H,83,97)(H,84,98)/b15-14-/t43-,48+,51+,52-,53-,54-,55-,56-,61-,62-/m0/s1. The van der Waals surface area contributed by atoms with Crippen molar-refractivity contribution in [3.63, 3.8) is 0 Å². The van der Waals surface area contributed by atoms with E-state index in [0.717, 1.165) is 37.3 Å². The van der Waals surface area contributed by atoms with Crippen molar-refractivity contribution in [3.05, 3.63) is 47.0 Å². The number of carbonyl (C=O) groups excluding carboxylic acids is 12. The first-order valence-electron chi connectivity index (χ1n) is 37.3. The Labute approximate surface area is 615 Å². The van der Waals surface area contributed by atoms with Gasteiger partial charge in [0.2, 0.25) is 76.8 Å². The Balaban J connectivity index is 1.21. The highest BCUT2D eigenvalue weighted by atomic mass is 19.4. The molecule has 590 valence electrons. The lowest BCUT2D eigenvalue weighted by molar-refractivity contribution is -0.158. The van der Waals surface area contributed by atoms with E-state index in [1.165, 1.54) is 76.0 Å². The van der Waals surface area contributed by atoms with Crippen LogP contribution in [0.3, 0.4) is 0 Å². The lowest BCUT2D eigenvalue weighted by Gasteiger charge is -2.46. The molecular formula is C74H107F7N12O13. The van der Waals surface area contributed by atoms with E-state index in [4.69, 9.17) is 4.74 Å². The molecule has 7 aliphatic rings. The first-order chi connectivity index (χ1) is 49.8. The minimum absolute atomic E-state index is 0.0131. The molecule has 106 heavy (non-hydrogen) atoms. The largest absolute Gasteiger partial charge is 0.422 e. The van der Waals surface area contributed by atoms with Gasteiger partial charge in [0.1, 0.15) is 71.1 Å². The Morgan fingerprint density at radius 1 is 0.670 bits per heavy atom. The highest BCUT2D eigenvalue weighted by Gasteiger charge is 2.54. The van der Waals surface area contributed by atoms with E-state index in [1.807, 2.05) is 0 Å². The van der Waals surface area contributed by atoms with Gasteiger partial charge in [-0.15, -0.1) is 0 Å². The number of rotatable bonds is 13. The van der Waals surface area contributed by atoms with Gasteiger partial charge in [-0.05, 0) is 132 Å². The van der Waals surface area contributed by atoms with Gasteiger partial charge in [-0.1, -0.05) is 58.1 Å². The van der Waals surface area contributed by atoms with Gasteiger partial charge in [0.05, 0.1) is 25.6 Å². The van der Waals surface area contributed by atoms with Crippen LogP contribution in [0.15, 0.2) is 24.3 Å². The van der Waals surface area contributed by atoms with Crippen LogP contribution >= 0.6 is 0 Å². The fourth-order valence-corrected chi connectivity index (χ4v) is 15.9. The van der Waals surface area contributed by atoms with Crippen molar-refractivity contribution >= 4 is 70.9 Å². The zero-order chi connectivity index (χ0) is 78.2. The average molecular weight is 1510 g/mol. The van der Waals surface area contributed by atoms with Crippen LogP contribution in [0.1, 0.15) is 167 Å². The summed E-state index contributed by atoms with van der Waals surface area (Å²) in [6.45, 7) is 3.29. The number of carbonyl (C=O) groups is 12.